The lowest BCUT2D eigenvalue weighted by molar-refractivity contribution is -0.142. The molecule has 0 aromatic carbocycles. The number of urea groups is 1. The van der Waals surface area contributed by atoms with Crippen LogP contribution in [0.25, 0.3) is 0 Å². The first-order valence-electron chi connectivity index (χ1n) is 6.88. The number of carboxylic acid groups (broad SMARTS) is 1. The lowest BCUT2D eigenvalue weighted by Crippen LogP contribution is -2.52. The van der Waals surface area contributed by atoms with Gasteiger partial charge >= 0.3 is 12.0 Å². The maximum absolute atomic E-state index is 12.2. The summed E-state index contributed by atoms with van der Waals surface area (Å²) in [7, 11) is 0. The smallest absolute Gasteiger partial charge is 0.318 e. The number of carbonyl (C=O) groups excluding carboxylic acids is 1. The molecule has 0 bridgehead atoms. The van der Waals surface area contributed by atoms with Gasteiger partial charge in [-0.15, -0.1) is 6.42 Å². The van der Waals surface area contributed by atoms with E-state index in [-0.39, 0.29) is 25.3 Å². The maximum atomic E-state index is 12.2. The Balaban J connectivity index is 2.72. The summed E-state index contributed by atoms with van der Waals surface area (Å²) in [5.74, 6) is 0.903. The third-order valence-corrected chi connectivity index (χ3v) is 3.45. The Bertz CT molecular complexity index is 391. The maximum Gasteiger partial charge on any atom is 0.318 e. The number of terminal acetylenes is 1. The molecule has 20 heavy (non-hydrogen) atoms. The van der Waals surface area contributed by atoms with Gasteiger partial charge in [-0.3, -0.25) is 4.79 Å². The molecule has 112 valence electrons. The number of nitrogens with one attached hydrogen (secondary N) is 1. The van der Waals surface area contributed by atoms with Crippen molar-refractivity contribution in [1.29, 1.82) is 0 Å². The Kier molecular flexibility index (Phi) is 6.32. The molecule has 0 saturated carbocycles. The zero-order valence-corrected chi connectivity index (χ0v) is 12.0. The van der Waals surface area contributed by atoms with Gasteiger partial charge < -0.3 is 20.1 Å². The van der Waals surface area contributed by atoms with Crippen LogP contribution in [0.4, 0.5) is 4.79 Å². The second-order valence-electron chi connectivity index (χ2n) is 4.79. The van der Waals surface area contributed by atoms with Crippen molar-refractivity contribution >= 4 is 12.0 Å². The largest absolute Gasteiger partial charge is 0.481 e. The molecule has 0 spiro atoms. The minimum Gasteiger partial charge on any atom is -0.481 e. The summed E-state index contributed by atoms with van der Waals surface area (Å²) < 4.78 is 5.20. The van der Waals surface area contributed by atoms with Gasteiger partial charge in [0.05, 0.1) is 25.3 Å². The number of ether oxygens (including phenoxy) is 1. The van der Waals surface area contributed by atoms with Crippen LogP contribution in [0.2, 0.25) is 0 Å². The highest BCUT2D eigenvalue weighted by molar-refractivity contribution is 5.77. The first-order chi connectivity index (χ1) is 9.54. The lowest BCUT2D eigenvalue weighted by atomic mass is 10.0. The molecule has 1 heterocycles. The van der Waals surface area contributed by atoms with E-state index in [1.807, 2.05) is 13.8 Å². The first kappa shape index (κ1) is 16.3. The van der Waals surface area contributed by atoms with Crippen molar-refractivity contribution in [2.45, 2.75) is 38.8 Å². The van der Waals surface area contributed by atoms with E-state index < -0.39 is 17.9 Å². The number of amides is 2. The van der Waals surface area contributed by atoms with Crippen molar-refractivity contribution < 1.29 is 19.4 Å². The Morgan fingerprint density at radius 2 is 2.20 bits per heavy atom. The highest BCUT2D eigenvalue weighted by Gasteiger charge is 2.39. The van der Waals surface area contributed by atoms with Crippen molar-refractivity contribution in [2.24, 2.45) is 5.92 Å². The van der Waals surface area contributed by atoms with E-state index in [1.165, 1.54) is 4.90 Å². The topological polar surface area (TPSA) is 78.9 Å². The lowest BCUT2D eigenvalue weighted by Gasteiger charge is -2.30. The number of carbonyl (C=O) groups is 2. The molecule has 2 amide bonds. The Morgan fingerprint density at radius 3 is 2.70 bits per heavy atom. The van der Waals surface area contributed by atoms with Crippen LogP contribution in [-0.2, 0) is 9.53 Å². The fraction of sp³-hybridized carbons (Fsp3) is 0.714. The molecule has 3 unspecified atom stereocenters. The number of aliphatic carboxylic acids is 1. The Labute approximate surface area is 119 Å². The molecule has 6 nitrogen and oxygen atoms in total. The second kappa shape index (κ2) is 7.75. The van der Waals surface area contributed by atoms with E-state index in [1.54, 1.807) is 0 Å². The van der Waals surface area contributed by atoms with Gasteiger partial charge in [0, 0.05) is 6.54 Å². The Morgan fingerprint density at radius 1 is 1.50 bits per heavy atom. The summed E-state index contributed by atoms with van der Waals surface area (Å²) >= 11 is 0. The minimum absolute atomic E-state index is 0.136. The predicted molar refractivity (Wildman–Crippen MR) is 74.2 cm³/mol. The van der Waals surface area contributed by atoms with Gasteiger partial charge in [0.25, 0.3) is 0 Å². The zero-order valence-electron chi connectivity index (χ0n) is 12.0. The first-order valence-corrected chi connectivity index (χ1v) is 6.88. The number of nitrogens with zero attached hydrogens (tertiary/aromatic N) is 1. The number of rotatable bonds is 6. The van der Waals surface area contributed by atoms with Crippen molar-refractivity contribution in [3.05, 3.63) is 0 Å². The van der Waals surface area contributed by atoms with Crippen molar-refractivity contribution in [3.8, 4) is 12.3 Å². The fourth-order valence-corrected chi connectivity index (χ4v) is 2.33. The van der Waals surface area contributed by atoms with E-state index >= 15 is 0 Å². The number of hydrogen-bond donors (Lipinski definition) is 2. The molecule has 1 saturated heterocycles. The highest BCUT2D eigenvalue weighted by atomic mass is 16.5. The van der Waals surface area contributed by atoms with Crippen LogP contribution in [0, 0.1) is 18.3 Å². The van der Waals surface area contributed by atoms with Crippen LogP contribution in [-0.4, -0.2) is 53.8 Å². The summed E-state index contributed by atoms with van der Waals surface area (Å²) in [6, 6.07) is -1.10. The van der Waals surface area contributed by atoms with Crippen LogP contribution >= 0.6 is 0 Å². The monoisotopic (exact) mass is 282 g/mol. The summed E-state index contributed by atoms with van der Waals surface area (Å²) in [6.07, 6.45) is 6.94. The molecular weight excluding hydrogens is 260 g/mol. The van der Waals surface area contributed by atoms with Crippen LogP contribution in [0.1, 0.15) is 26.7 Å². The number of carboxylic acids is 1. The number of hydrogen-bond acceptors (Lipinski definition) is 3. The van der Waals surface area contributed by atoms with Gasteiger partial charge in [-0.25, -0.2) is 4.79 Å². The van der Waals surface area contributed by atoms with Crippen molar-refractivity contribution in [3.63, 3.8) is 0 Å². The minimum atomic E-state index is -0.944. The average molecular weight is 282 g/mol. The molecule has 1 fully saturated rings. The van der Waals surface area contributed by atoms with Gasteiger partial charge in [0.1, 0.15) is 5.92 Å². The molecule has 6 heteroatoms. The molecule has 0 aromatic rings. The van der Waals surface area contributed by atoms with Crippen molar-refractivity contribution in [1.82, 2.24) is 10.2 Å². The normalized spacial score (nSPS) is 22.9. The molecule has 1 rings (SSSR count). The molecule has 0 aromatic heterocycles. The van der Waals surface area contributed by atoms with Crippen molar-refractivity contribution in [2.75, 3.05) is 19.8 Å². The number of likely N-dealkylation sites (N-methyl/N-ethyl adjacent to an activating group) is 1. The van der Waals surface area contributed by atoms with Crippen LogP contribution in [0.3, 0.4) is 0 Å². The standard InChI is InChI=1S/C14H22N2O4/c1-4-7-10(5-2)15-14(19)16(6-3)12-9-20-8-11(12)13(17)18/h2,10-12H,4,6-9H2,1,3H3,(H,15,19)(H,17,18). The predicted octanol–water partition coefficient (Wildman–Crippen LogP) is 0.919. The third-order valence-electron chi connectivity index (χ3n) is 3.45. The average Bonchev–Trinajstić information content (AvgIpc) is 2.88. The fourth-order valence-electron chi connectivity index (χ4n) is 2.33. The SMILES string of the molecule is C#CC(CCC)NC(=O)N(CC)C1COCC1C(=O)O. The molecule has 0 radical (unpaired) electrons. The van der Waals surface area contributed by atoms with Crippen LogP contribution in [0.5, 0.6) is 0 Å². The molecular formula is C14H22N2O4. The summed E-state index contributed by atoms with van der Waals surface area (Å²) in [5.41, 5.74) is 0. The van der Waals surface area contributed by atoms with E-state index in [0.717, 1.165) is 6.42 Å². The van der Waals surface area contributed by atoms with Crippen LogP contribution in [0.15, 0.2) is 0 Å². The van der Waals surface area contributed by atoms with Gasteiger partial charge in [-0.05, 0) is 13.3 Å². The molecule has 2 N–H and O–H groups in total. The van der Waals surface area contributed by atoms with E-state index in [4.69, 9.17) is 16.3 Å². The molecule has 1 aliphatic heterocycles. The summed E-state index contributed by atoms with van der Waals surface area (Å²) in [4.78, 5) is 24.9. The summed E-state index contributed by atoms with van der Waals surface area (Å²) in [5, 5.41) is 11.9. The molecule has 1 aliphatic rings. The van der Waals surface area contributed by atoms with Gasteiger partial charge in [0.15, 0.2) is 0 Å². The third kappa shape index (κ3) is 3.87. The highest BCUT2D eigenvalue weighted by Crippen LogP contribution is 2.20. The van der Waals surface area contributed by atoms with Gasteiger partial charge in [-0.2, -0.15) is 0 Å². The molecule has 0 aliphatic carbocycles. The second-order valence-corrected chi connectivity index (χ2v) is 4.79. The van der Waals surface area contributed by atoms with Gasteiger partial charge in [-0.1, -0.05) is 19.3 Å². The van der Waals surface area contributed by atoms with E-state index in [2.05, 4.69) is 11.2 Å². The van der Waals surface area contributed by atoms with Crippen LogP contribution < -0.4 is 5.32 Å². The van der Waals surface area contributed by atoms with Gasteiger partial charge in [0.2, 0.25) is 0 Å². The Hall–Kier alpha value is -1.74. The summed E-state index contributed by atoms with van der Waals surface area (Å²) in [6.45, 7) is 4.58. The quantitative estimate of drug-likeness (QED) is 0.710. The van der Waals surface area contributed by atoms with E-state index in [0.29, 0.717) is 13.0 Å². The van der Waals surface area contributed by atoms with E-state index in [9.17, 15) is 9.59 Å². The zero-order chi connectivity index (χ0) is 15.1. The molecule has 3 atom stereocenters.